The van der Waals surface area contributed by atoms with Gasteiger partial charge in [-0.3, -0.25) is 0 Å². The average Bonchev–Trinajstić information content (AvgIpc) is 2.44. The highest BCUT2D eigenvalue weighted by molar-refractivity contribution is 5.60. The van der Waals surface area contributed by atoms with Gasteiger partial charge in [0.15, 0.2) is 0 Å². The third-order valence-electron chi connectivity index (χ3n) is 4.10. The summed E-state index contributed by atoms with van der Waals surface area (Å²) in [6.07, 6.45) is 2.35. The van der Waals surface area contributed by atoms with Gasteiger partial charge < -0.3 is 18.9 Å². The fourth-order valence-electron chi connectivity index (χ4n) is 2.92. The molecule has 1 fully saturated rings. The molecule has 1 rings (SSSR count). The first-order valence-corrected chi connectivity index (χ1v) is 8.05. The molecule has 0 bridgehead atoms. The van der Waals surface area contributed by atoms with Crippen LogP contribution in [-0.2, 0) is 18.9 Å². The van der Waals surface area contributed by atoms with Gasteiger partial charge >= 0.3 is 12.3 Å². The van der Waals surface area contributed by atoms with E-state index in [2.05, 4.69) is 0 Å². The van der Waals surface area contributed by atoms with Gasteiger partial charge in [0.05, 0.1) is 19.8 Å². The molecule has 0 saturated heterocycles. The van der Waals surface area contributed by atoms with Crippen LogP contribution in [-0.4, -0.2) is 37.7 Å². The second-order valence-electron chi connectivity index (χ2n) is 6.06. The Bertz CT molecular complexity index is 370. The van der Waals surface area contributed by atoms with Crippen molar-refractivity contribution in [3.05, 3.63) is 0 Å². The Hall–Kier alpha value is -1.46. The molecular formula is C16H28O6. The van der Waals surface area contributed by atoms with Gasteiger partial charge in [-0.25, -0.2) is 9.59 Å². The topological polar surface area (TPSA) is 71.1 Å². The highest BCUT2D eigenvalue weighted by atomic mass is 16.7. The van der Waals surface area contributed by atoms with Gasteiger partial charge in [0, 0.05) is 0 Å². The van der Waals surface area contributed by atoms with E-state index in [0.717, 1.165) is 25.7 Å². The molecule has 6 heteroatoms. The fraction of sp³-hybridized carbons (Fsp3) is 0.875. The Kier molecular flexibility index (Phi) is 7.48. The molecule has 0 N–H and O–H groups in total. The van der Waals surface area contributed by atoms with Crippen molar-refractivity contribution < 1.29 is 28.5 Å². The Morgan fingerprint density at radius 1 is 1.14 bits per heavy atom. The number of hydrogen-bond acceptors (Lipinski definition) is 6. The summed E-state index contributed by atoms with van der Waals surface area (Å²) in [7, 11) is 0. The Balaban J connectivity index is 2.47. The first-order valence-electron chi connectivity index (χ1n) is 8.05. The van der Waals surface area contributed by atoms with Gasteiger partial charge in [-0.1, -0.05) is 6.92 Å². The van der Waals surface area contributed by atoms with Crippen LogP contribution in [0.2, 0.25) is 0 Å². The van der Waals surface area contributed by atoms with Gasteiger partial charge in [-0.05, 0) is 58.3 Å². The summed E-state index contributed by atoms with van der Waals surface area (Å²) in [5.74, 6) is 0.525. The van der Waals surface area contributed by atoms with Gasteiger partial charge in [0.1, 0.15) is 5.60 Å². The Morgan fingerprint density at radius 3 is 2.41 bits per heavy atom. The van der Waals surface area contributed by atoms with E-state index in [0.29, 0.717) is 25.7 Å². The second kappa shape index (κ2) is 8.86. The summed E-state index contributed by atoms with van der Waals surface area (Å²) < 4.78 is 20.2. The lowest BCUT2D eigenvalue weighted by molar-refractivity contribution is -0.0625. The smallest absolute Gasteiger partial charge is 0.435 e. The van der Waals surface area contributed by atoms with Crippen molar-refractivity contribution in [2.24, 2.45) is 11.8 Å². The molecule has 0 spiro atoms. The second-order valence-corrected chi connectivity index (χ2v) is 6.06. The third kappa shape index (κ3) is 6.12. The molecule has 3 unspecified atom stereocenters. The van der Waals surface area contributed by atoms with Gasteiger partial charge in [-0.2, -0.15) is 0 Å². The number of hydrogen-bond donors (Lipinski definition) is 0. The summed E-state index contributed by atoms with van der Waals surface area (Å²) in [5, 5.41) is 0. The molecule has 22 heavy (non-hydrogen) atoms. The van der Waals surface area contributed by atoms with Crippen molar-refractivity contribution in [3.63, 3.8) is 0 Å². The molecule has 0 amide bonds. The van der Waals surface area contributed by atoms with Crippen LogP contribution >= 0.6 is 0 Å². The maximum Gasteiger partial charge on any atom is 0.508 e. The first kappa shape index (κ1) is 18.6. The molecule has 1 aliphatic rings. The van der Waals surface area contributed by atoms with Crippen LogP contribution in [0.1, 0.15) is 53.4 Å². The summed E-state index contributed by atoms with van der Waals surface area (Å²) >= 11 is 0. The predicted octanol–water partition coefficient (Wildman–Crippen LogP) is 3.92. The van der Waals surface area contributed by atoms with Crippen LogP contribution in [0.4, 0.5) is 9.59 Å². The standard InChI is InChI=1S/C16H28O6/c1-5-19-14(17)21-11-12(3)13-8-7-9-16(4,10-13)22-15(18)20-6-2/h12-13H,5-11H2,1-4H3. The highest BCUT2D eigenvalue weighted by Crippen LogP contribution is 2.38. The van der Waals surface area contributed by atoms with E-state index in [4.69, 9.17) is 18.9 Å². The predicted molar refractivity (Wildman–Crippen MR) is 80.6 cm³/mol. The van der Waals surface area contributed by atoms with Crippen LogP contribution in [0.3, 0.4) is 0 Å². The molecule has 0 radical (unpaired) electrons. The number of carbonyl (C=O) groups is 2. The van der Waals surface area contributed by atoms with Gasteiger partial charge in [0.25, 0.3) is 0 Å². The molecule has 0 aromatic rings. The number of carbonyl (C=O) groups excluding carboxylic acids is 2. The molecule has 6 nitrogen and oxygen atoms in total. The molecule has 128 valence electrons. The van der Waals surface area contributed by atoms with Crippen molar-refractivity contribution >= 4 is 12.3 Å². The molecule has 3 atom stereocenters. The van der Waals surface area contributed by atoms with Gasteiger partial charge in [-0.15, -0.1) is 0 Å². The largest absolute Gasteiger partial charge is 0.508 e. The summed E-state index contributed by atoms with van der Waals surface area (Å²) in [6, 6.07) is 0. The van der Waals surface area contributed by atoms with Crippen LogP contribution in [0.25, 0.3) is 0 Å². The third-order valence-corrected chi connectivity index (χ3v) is 4.10. The maximum absolute atomic E-state index is 11.5. The monoisotopic (exact) mass is 316 g/mol. The molecule has 1 aliphatic carbocycles. The number of rotatable bonds is 6. The van der Waals surface area contributed by atoms with Crippen LogP contribution < -0.4 is 0 Å². The van der Waals surface area contributed by atoms with E-state index in [1.807, 2.05) is 13.8 Å². The van der Waals surface area contributed by atoms with E-state index in [1.54, 1.807) is 13.8 Å². The SMILES string of the molecule is CCOC(=O)OCC(C)C1CCCC(C)(OC(=O)OCC)C1. The Morgan fingerprint density at radius 2 is 1.77 bits per heavy atom. The van der Waals surface area contributed by atoms with Crippen molar-refractivity contribution in [1.82, 2.24) is 0 Å². The quantitative estimate of drug-likeness (QED) is 0.692. The molecule has 1 saturated carbocycles. The van der Waals surface area contributed by atoms with Crippen molar-refractivity contribution in [2.75, 3.05) is 19.8 Å². The molecule has 0 aromatic heterocycles. The normalized spacial score (nSPS) is 25.9. The van der Waals surface area contributed by atoms with Crippen molar-refractivity contribution in [3.8, 4) is 0 Å². The lowest BCUT2D eigenvalue weighted by Crippen LogP contribution is -2.39. The lowest BCUT2D eigenvalue weighted by atomic mass is 9.74. The molecule has 0 aromatic carbocycles. The zero-order valence-electron chi connectivity index (χ0n) is 14.1. The highest BCUT2D eigenvalue weighted by Gasteiger charge is 2.38. The minimum Gasteiger partial charge on any atom is -0.435 e. The van der Waals surface area contributed by atoms with E-state index >= 15 is 0 Å². The fourth-order valence-corrected chi connectivity index (χ4v) is 2.92. The minimum absolute atomic E-state index is 0.190. The Labute approximate surface area is 132 Å². The summed E-state index contributed by atoms with van der Waals surface area (Å²) in [6.45, 7) is 8.41. The van der Waals surface area contributed by atoms with E-state index in [-0.39, 0.29) is 5.92 Å². The van der Waals surface area contributed by atoms with E-state index < -0.39 is 17.9 Å². The zero-order valence-corrected chi connectivity index (χ0v) is 14.1. The molecule has 0 heterocycles. The summed E-state index contributed by atoms with van der Waals surface area (Å²) in [5.41, 5.74) is -0.507. The maximum atomic E-state index is 11.5. The van der Waals surface area contributed by atoms with Crippen molar-refractivity contribution in [1.29, 1.82) is 0 Å². The van der Waals surface area contributed by atoms with Crippen molar-refractivity contribution in [2.45, 2.75) is 59.0 Å². The minimum atomic E-state index is -0.629. The molecule has 0 aliphatic heterocycles. The lowest BCUT2D eigenvalue weighted by Gasteiger charge is -2.39. The van der Waals surface area contributed by atoms with Crippen LogP contribution in [0.5, 0.6) is 0 Å². The van der Waals surface area contributed by atoms with Gasteiger partial charge in [0.2, 0.25) is 0 Å². The first-order chi connectivity index (χ1) is 10.4. The van der Waals surface area contributed by atoms with E-state index in [9.17, 15) is 9.59 Å². The number of ether oxygens (including phenoxy) is 4. The molecular weight excluding hydrogens is 288 g/mol. The summed E-state index contributed by atoms with van der Waals surface area (Å²) in [4.78, 5) is 22.8. The van der Waals surface area contributed by atoms with Crippen LogP contribution in [0.15, 0.2) is 0 Å². The zero-order chi connectivity index (χ0) is 16.6. The van der Waals surface area contributed by atoms with E-state index in [1.165, 1.54) is 0 Å². The average molecular weight is 316 g/mol. The van der Waals surface area contributed by atoms with Crippen LogP contribution in [0, 0.1) is 11.8 Å².